The Bertz CT molecular complexity index is 269. The molecule has 0 aliphatic heterocycles. The maximum Gasteiger partial charge on any atom is 0.469 e. The summed E-state index contributed by atoms with van der Waals surface area (Å²) in [5.41, 5.74) is 4.90. The van der Waals surface area contributed by atoms with Crippen molar-refractivity contribution in [3.05, 3.63) is 0 Å². The zero-order chi connectivity index (χ0) is 12.3. The highest BCUT2D eigenvalue weighted by atomic mass is 31.2. The molecule has 90 valence electrons. The van der Waals surface area contributed by atoms with Crippen molar-refractivity contribution in [3.8, 4) is 0 Å². The van der Waals surface area contributed by atoms with Crippen LogP contribution in [0.2, 0.25) is 0 Å². The van der Waals surface area contributed by atoms with Crippen LogP contribution in [0.25, 0.3) is 0 Å². The summed E-state index contributed by atoms with van der Waals surface area (Å²) in [5, 5.41) is 2.56. The molecule has 0 aromatic rings. The van der Waals surface area contributed by atoms with Gasteiger partial charge in [-0.05, 0) is 20.8 Å². The molecule has 7 nitrogen and oxygen atoms in total. The third-order valence-electron chi connectivity index (χ3n) is 1.26. The van der Waals surface area contributed by atoms with E-state index in [1.807, 2.05) is 0 Å². The maximum absolute atomic E-state index is 11.3. The van der Waals surface area contributed by atoms with Gasteiger partial charge in [0.25, 0.3) is 0 Å². The molecule has 0 aromatic carbocycles. The lowest BCUT2D eigenvalue weighted by atomic mass is 10.1. The summed E-state index contributed by atoms with van der Waals surface area (Å²) in [4.78, 5) is 28.1. The van der Waals surface area contributed by atoms with Gasteiger partial charge in [0.15, 0.2) is 0 Å². The van der Waals surface area contributed by atoms with Gasteiger partial charge < -0.3 is 20.8 Å². The Morgan fingerprint density at radius 2 is 2.00 bits per heavy atom. The lowest BCUT2D eigenvalue weighted by Crippen LogP contribution is -2.50. The number of rotatable bonds is 4. The van der Waals surface area contributed by atoms with Crippen LogP contribution in [0.3, 0.4) is 0 Å². The first-order chi connectivity index (χ1) is 6.51. The molecule has 0 saturated heterocycles. The molecule has 0 saturated carbocycles. The van der Waals surface area contributed by atoms with E-state index in [4.69, 9.17) is 15.5 Å². The Balaban J connectivity index is 4.07. The van der Waals surface area contributed by atoms with Crippen molar-refractivity contribution in [1.82, 2.24) is 5.32 Å². The van der Waals surface area contributed by atoms with Crippen molar-refractivity contribution in [2.24, 2.45) is 5.73 Å². The molecule has 0 spiro atoms. The van der Waals surface area contributed by atoms with E-state index >= 15 is 0 Å². The Labute approximate surface area is 88.2 Å². The summed E-state index contributed by atoms with van der Waals surface area (Å²) in [6.07, 6.45) is 0. The van der Waals surface area contributed by atoms with Gasteiger partial charge in [0.2, 0.25) is 5.91 Å². The van der Waals surface area contributed by atoms with Gasteiger partial charge in [0.1, 0.15) is 6.04 Å². The predicted molar refractivity (Wildman–Crippen MR) is 53.9 cm³/mol. The van der Waals surface area contributed by atoms with E-state index in [2.05, 4.69) is 9.84 Å². The minimum atomic E-state index is -4.57. The number of nitrogens with two attached hydrogens (primary N) is 1. The highest BCUT2D eigenvalue weighted by molar-refractivity contribution is 7.46. The Morgan fingerprint density at radius 3 is 2.33 bits per heavy atom. The van der Waals surface area contributed by atoms with Crippen LogP contribution in [0.1, 0.15) is 20.8 Å². The molecule has 0 aliphatic rings. The molecule has 1 amide bonds. The van der Waals surface area contributed by atoms with Crippen molar-refractivity contribution in [2.45, 2.75) is 32.4 Å². The molecular formula is C7H17N2O5P. The zero-order valence-corrected chi connectivity index (χ0v) is 9.82. The van der Waals surface area contributed by atoms with Crippen molar-refractivity contribution >= 4 is 13.7 Å². The molecule has 0 bridgehead atoms. The molecule has 0 heterocycles. The van der Waals surface area contributed by atoms with E-state index < -0.39 is 31.9 Å². The van der Waals surface area contributed by atoms with Gasteiger partial charge in [-0.15, -0.1) is 0 Å². The zero-order valence-electron chi connectivity index (χ0n) is 8.93. The SMILES string of the molecule is CC(C)(C)NC(=O)[C@@H](N)COP(=O)(O)O. The number of hydrogen-bond donors (Lipinski definition) is 4. The van der Waals surface area contributed by atoms with Crippen LogP contribution >= 0.6 is 7.82 Å². The molecule has 1 atom stereocenters. The molecule has 5 N–H and O–H groups in total. The minimum Gasteiger partial charge on any atom is -0.350 e. The first-order valence-corrected chi connectivity index (χ1v) is 5.82. The molecule has 15 heavy (non-hydrogen) atoms. The predicted octanol–water partition coefficient (Wildman–Crippen LogP) is -0.662. The van der Waals surface area contributed by atoms with E-state index in [-0.39, 0.29) is 0 Å². The summed E-state index contributed by atoms with van der Waals surface area (Å²) >= 11 is 0. The summed E-state index contributed by atoms with van der Waals surface area (Å²) < 4.78 is 14.4. The molecule has 0 fully saturated rings. The van der Waals surface area contributed by atoms with Crippen molar-refractivity contribution < 1.29 is 23.7 Å². The quantitative estimate of drug-likeness (QED) is 0.484. The highest BCUT2D eigenvalue weighted by Gasteiger charge is 2.23. The topological polar surface area (TPSA) is 122 Å². The smallest absolute Gasteiger partial charge is 0.350 e. The second kappa shape index (κ2) is 5.05. The number of carbonyl (C=O) groups excluding carboxylic acids is 1. The van der Waals surface area contributed by atoms with Crippen LogP contribution in [0.5, 0.6) is 0 Å². The van der Waals surface area contributed by atoms with E-state index in [0.717, 1.165) is 0 Å². The molecule has 0 radical (unpaired) electrons. The highest BCUT2D eigenvalue weighted by Crippen LogP contribution is 2.35. The van der Waals surface area contributed by atoms with Crippen LogP contribution in [0.15, 0.2) is 0 Å². The summed E-state index contributed by atoms with van der Waals surface area (Å²) in [6, 6.07) is -1.10. The maximum atomic E-state index is 11.3. The average Bonchev–Trinajstić information content (AvgIpc) is 1.95. The fourth-order valence-electron chi connectivity index (χ4n) is 0.715. The van der Waals surface area contributed by atoms with Gasteiger partial charge in [0, 0.05) is 5.54 Å². The van der Waals surface area contributed by atoms with E-state index in [9.17, 15) is 9.36 Å². The monoisotopic (exact) mass is 240 g/mol. The van der Waals surface area contributed by atoms with Crippen molar-refractivity contribution in [2.75, 3.05) is 6.61 Å². The third-order valence-corrected chi connectivity index (χ3v) is 1.74. The first-order valence-electron chi connectivity index (χ1n) is 4.29. The second-order valence-corrected chi connectivity index (χ2v) is 5.37. The molecule has 0 aromatic heterocycles. The Hall–Kier alpha value is -0.460. The largest absolute Gasteiger partial charge is 0.469 e. The molecule has 0 rings (SSSR count). The number of amides is 1. The van der Waals surface area contributed by atoms with E-state index in [0.29, 0.717) is 0 Å². The third kappa shape index (κ3) is 8.53. The molecular weight excluding hydrogens is 223 g/mol. The van der Waals surface area contributed by atoms with E-state index in [1.54, 1.807) is 20.8 Å². The van der Waals surface area contributed by atoms with Gasteiger partial charge in [-0.1, -0.05) is 0 Å². The summed E-state index contributed by atoms with van der Waals surface area (Å²) in [7, 11) is -4.57. The molecule has 8 heteroatoms. The van der Waals surface area contributed by atoms with Crippen LogP contribution in [0.4, 0.5) is 0 Å². The van der Waals surface area contributed by atoms with Crippen molar-refractivity contribution in [3.63, 3.8) is 0 Å². The Kier molecular flexibility index (Phi) is 4.89. The molecule has 0 aliphatic carbocycles. The number of phosphoric acid groups is 1. The van der Waals surface area contributed by atoms with Gasteiger partial charge >= 0.3 is 7.82 Å². The minimum absolute atomic E-state index is 0.448. The number of hydrogen-bond acceptors (Lipinski definition) is 4. The Morgan fingerprint density at radius 1 is 1.53 bits per heavy atom. The van der Waals surface area contributed by atoms with E-state index in [1.165, 1.54) is 0 Å². The van der Waals surface area contributed by atoms with Crippen molar-refractivity contribution in [1.29, 1.82) is 0 Å². The standard InChI is InChI=1S/C7H17N2O5P/c1-7(2,3)9-6(10)5(8)4-14-15(11,12)13/h5H,4,8H2,1-3H3,(H,9,10)(H2,11,12,13)/t5-/m0/s1. The van der Waals surface area contributed by atoms with Gasteiger partial charge in [-0.3, -0.25) is 9.32 Å². The van der Waals surface area contributed by atoms with Gasteiger partial charge in [-0.2, -0.15) is 0 Å². The second-order valence-electron chi connectivity index (χ2n) is 4.13. The summed E-state index contributed by atoms with van der Waals surface area (Å²) in [5.74, 6) is -0.518. The lowest BCUT2D eigenvalue weighted by Gasteiger charge is -2.23. The lowest BCUT2D eigenvalue weighted by molar-refractivity contribution is -0.124. The summed E-state index contributed by atoms with van der Waals surface area (Å²) in [6.45, 7) is 4.77. The first kappa shape index (κ1) is 14.5. The van der Waals surface area contributed by atoms with Crippen LogP contribution in [-0.2, 0) is 13.9 Å². The number of phosphoric ester groups is 1. The fraction of sp³-hybridized carbons (Fsp3) is 0.857. The van der Waals surface area contributed by atoms with Crippen LogP contribution in [0, 0.1) is 0 Å². The normalized spacial score (nSPS) is 14.8. The van der Waals surface area contributed by atoms with Gasteiger partial charge in [0.05, 0.1) is 6.61 Å². The average molecular weight is 240 g/mol. The number of carbonyl (C=O) groups is 1. The van der Waals surface area contributed by atoms with Crippen LogP contribution in [-0.4, -0.2) is 33.9 Å². The molecule has 0 unspecified atom stereocenters. The number of nitrogens with one attached hydrogen (secondary N) is 1. The van der Waals surface area contributed by atoms with Crippen LogP contribution < -0.4 is 11.1 Å². The van der Waals surface area contributed by atoms with Gasteiger partial charge in [-0.25, -0.2) is 4.57 Å². The fourth-order valence-corrected chi connectivity index (χ4v) is 1.07.